The molecule has 3 rings (SSSR count). The summed E-state index contributed by atoms with van der Waals surface area (Å²) in [4.78, 5) is 25.3. The van der Waals surface area contributed by atoms with Gasteiger partial charge in [0, 0.05) is 25.2 Å². The van der Waals surface area contributed by atoms with Gasteiger partial charge in [0.2, 0.25) is 11.8 Å². The van der Waals surface area contributed by atoms with Crippen LogP contribution in [0.1, 0.15) is 24.0 Å². The number of benzene rings is 1. The number of nitrogens with zero attached hydrogens (tertiary/aromatic N) is 1. The molecule has 2 amide bonds. The summed E-state index contributed by atoms with van der Waals surface area (Å²) in [6.45, 7) is 1.24. The second-order valence-corrected chi connectivity index (χ2v) is 5.15. The van der Waals surface area contributed by atoms with Gasteiger partial charge in [-0.3, -0.25) is 9.59 Å². The molecule has 0 saturated carbocycles. The van der Waals surface area contributed by atoms with Crippen molar-refractivity contribution in [2.24, 2.45) is 0 Å². The van der Waals surface area contributed by atoms with Crippen LogP contribution < -0.4 is 11.1 Å². The lowest BCUT2D eigenvalue weighted by Crippen LogP contribution is -2.46. The zero-order valence-corrected chi connectivity index (χ0v) is 10.7. The van der Waals surface area contributed by atoms with Gasteiger partial charge in [0.25, 0.3) is 0 Å². The van der Waals surface area contributed by atoms with Gasteiger partial charge in [-0.1, -0.05) is 12.1 Å². The Labute approximate surface area is 111 Å². The van der Waals surface area contributed by atoms with E-state index in [-0.39, 0.29) is 17.9 Å². The Kier molecular flexibility index (Phi) is 2.89. The summed E-state index contributed by atoms with van der Waals surface area (Å²) in [6, 6.07) is 5.52. The molecule has 0 radical (unpaired) electrons. The number of hydrogen-bond acceptors (Lipinski definition) is 3. The summed E-state index contributed by atoms with van der Waals surface area (Å²) in [5.74, 6) is -0.0185. The van der Waals surface area contributed by atoms with E-state index in [9.17, 15) is 9.59 Å². The van der Waals surface area contributed by atoms with E-state index in [0.717, 1.165) is 17.7 Å². The van der Waals surface area contributed by atoms with E-state index >= 15 is 0 Å². The zero-order chi connectivity index (χ0) is 13.4. The molecule has 1 aromatic rings. The standard InChI is InChI=1S/C14H17N3O2/c15-11-3-1-2-9-6-7-17(8-10(9)11)14(19)12-4-5-13(18)16-12/h1-3,12H,4-8,15H2,(H,16,18)/t12-/m0/s1. The Morgan fingerprint density at radius 3 is 2.95 bits per heavy atom. The van der Waals surface area contributed by atoms with Crippen LogP contribution in [0.25, 0.3) is 0 Å². The number of anilines is 1. The molecule has 5 heteroatoms. The van der Waals surface area contributed by atoms with Gasteiger partial charge in [-0.05, 0) is 30.0 Å². The average molecular weight is 259 g/mol. The van der Waals surface area contributed by atoms with Crippen LogP contribution in [0, 0.1) is 0 Å². The van der Waals surface area contributed by atoms with Gasteiger partial charge >= 0.3 is 0 Å². The number of nitrogen functional groups attached to an aromatic ring is 1. The van der Waals surface area contributed by atoms with Crippen LogP contribution in [0.5, 0.6) is 0 Å². The Bertz CT molecular complexity index is 541. The summed E-state index contributed by atoms with van der Waals surface area (Å²) in [5, 5.41) is 2.73. The fourth-order valence-corrected chi connectivity index (χ4v) is 2.81. The second-order valence-electron chi connectivity index (χ2n) is 5.15. The Morgan fingerprint density at radius 1 is 1.37 bits per heavy atom. The molecule has 100 valence electrons. The van der Waals surface area contributed by atoms with Crippen LogP contribution in [0.2, 0.25) is 0 Å². The summed E-state index contributed by atoms with van der Waals surface area (Å²) in [5.41, 5.74) is 8.98. The molecule has 5 nitrogen and oxygen atoms in total. The fourth-order valence-electron chi connectivity index (χ4n) is 2.81. The molecule has 3 N–H and O–H groups in total. The van der Waals surface area contributed by atoms with Crippen molar-refractivity contribution in [1.82, 2.24) is 10.2 Å². The maximum Gasteiger partial charge on any atom is 0.245 e. The first-order valence-corrected chi connectivity index (χ1v) is 6.59. The van der Waals surface area contributed by atoms with Gasteiger partial charge in [-0.15, -0.1) is 0 Å². The maximum absolute atomic E-state index is 12.3. The summed E-state index contributed by atoms with van der Waals surface area (Å²) in [7, 11) is 0. The molecule has 0 aliphatic carbocycles. The number of rotatable bonds is 1. The minimum Gasteiger partial charge on any atom is -0.398 e. The van der Waals surface area contributed by atoms with Crippen molar-refractivity contribution >= 4 is 17.5 Å². The van der Waals surface area contributed by atoms with Crippen LogP contribution in [0.15, 0.2) is 18.2 Å². The fraction of sp³-hybridized carbons (Fsp3) is 0.429. The number of nitrogens with one attached hydrogen (secondary N) is 1. The molecule has 0 bridgehead atoms. The van der Waals surface area contributed by atoms with Crippen molar-refractivity contribution in [3.8, 4) is 0 Å². The molecular formula is C14H17N3O2. The Morgan fingerprint density at radius 2 is 2.21 bits per heavy atom. The van der Waals surface area contributed by atoms with Crippen LogP contribution in [-0.2, 0) is 22.6 Å². The molecule has 1 aromatic carbocycles. The van der Waals surface area contributed by atoms with Crippen molar-refractivity contribution in [3.63, 3.8) is 0 Å². The molecule has 2 aliphatic rings. The normalized spacial score (nSPS) is 22.0. The summed E-state index contributed by atoms with van der Waals surface area (Å²) < 4.78 is 0. The highest BCUT2D eigenvalue weighted by Gasteiger charge is 2.32. The quantitative estimate of drug-likeness (QED) is 0.718. The minimum atomic E-state index is -0.348. The molecule has 19 heavy (non-hydrogen) atoms. The summed E-state index contributed by atoms with van der Waals surface area (Å²) >= 11 is 0. The third-order valence-electron chi connectivity index (χ3n) is 3.91. The highest BCUT2D eigenvalue weighted by Crippen LogP contribution is 2.25. The Balaban J connectivity index is 1.76. The van der Waals surface area contributed by atoms with Gasteiger partial charge in [-0.2, -0.15) is 0 Å². The monoisotopic (exact) mass is 259 g/mol. The van der Waals surface area contributed by atoms with Gasteiger partial charge in [-0.25, -0.2) is 0 Å². The Hall–Kier alpha value is -2.04. The average Bonchev–Trinajstić information content (AvgIpc) is 2.85. The van der Waals surface area contributed by atoms with E-state index in [1.54, 1.807) is 4.90 Å². The molecule has 0 aromatic heterocycles. The third-order valence-corrected chi connectivity index (χ3v) is 3.91. The molecule has 2 heterocycles. The van der Waals surface area contributed by atoms with Crippen molar-refractivity contribution in [3.05, 3.63) is 29.3 Å². The molecule has 0 unspecified atom stereocenters. The summed E-state index contributed by atoms with van der Waals surface area (Å²) in [6.07, 6.45) is 1.88. The SMILES string of the molecule is Nc1cccc2c1CN(C(=O)[C@@H]1CCC(=O)N1)CC2. The van der Waals surface area contributed by atoms with E-state index < -0.39 is 0 Å². The van der Waals surface area contributed by atoms with Crippen molar-refractivity contribution in [2.45, 2.75) is 31.8 Å². The van der Waals surface area contributed by atoms with Gasteiger partial charge in [0.05, 0.1) is 0 Å². The number of hydrogen-bond donors (Lipinski definition) is 2. The smallest absolute Gasteiger partial charge is 0.245 e. The zero-order valence-electron chi connectivity index (χ0n) is 10.7. The molecule has 1 saturated heterocycles. The van der Waals surface area contributed by atoms with Gasteiger partial charge < -0.3 is 16.0 Å². The third kappa shape index (κ3) is 2.16. The maximum atomic E-state index is 12.3. The lowest BCUT2D eigenvalue weighted by Gasteiger charge is -2.31. The highest BCUT2D eigenvalue weighted by atomic mass is 16.2. The largest absolute Gasteiger partial charge is 0.398 e. The van der Waals surface area contributed by atoms with Crippen molar-refractivity contribution < 1.29 is 9.59 Å². The van der Waals surface area contributed by atoms with Crippen molar-refractivity contribution in [1.29, 1.82) is 0 Å². The molecule has 1 fully saturated rings. The predicted octanol–water partition coefficient (Wildman–Crippen LogP) is 0.432. The molecule has 1 atom stereocenters. The van der Waals surface area contributed by atoms with Crippen LogP contribution in [0.4, 0.5) is 5.69 Å². The minimum absolute atomic E-state index is 0.0137. The molecular weight excluding hydrogens is 242 g/mol. The number of carbonyl (C=O) groups is 2. The van der Waals surface area contributed by atoms with Crippen molar-refractivity contribution in [2.75, 3.05) is 12.3 Å². The van der Waals surface area contributed by atoms with Crippen LogP contribution in [0.3, 0.4) is 0 Å². The number of nitrogens with two attached hydrogens (primary N) is 1. The van der Waals surface area contributed by atoms with Crippen LogP contribution >= 0.6 is 0 Å². The first-order chi connectivity index (χ1) is 9.15. The number of carbonyl (C=O) groups excluding carboxylic acids is 2. The van der Waals surface area contributed by atoms with Gasteiger partial charge in [0.15, 0.2) is 0 Å². The number of fused-ring (bicyclic) bond motifs is 1. The molecule has 2 aliphatic heterocycles. The predicted molar refractivity (Wildman–Crippen MR) is 71.1 cm³/mol. The highest BCUT2D eigenvalue weighted by molar-refractivity contribution is 5.91. The lowest BCUT2D eigenvalue weighted by atomic mass is 9.97. The first-order valence-electron chi connectivity index (χ1n) is 6.59. The van der Waals surface area contributed by atoms with E-state index in [2.05, 4.69) is 11.4 Å². The van der Waals surface area contributed by atoms with E-state index in [0.29, 0.717) is 25.9 Å². The van der Waals surface area contributed by atoms with Crippen LogP contribution in [-0.4, -0.2) is 29.3 Å². The molecule has 0 spiro atoms. The lowest BCUT2D eigenvalue weighted by molar-refractivity contribution is -0.135. The van der Waals surface area contributed by atoms with Gasteiger partial charge in [0.1, 0.15) is 6.04 Å². The van der Waals surface area contributed by atoms with E-state index in [1.165, 1.54) is 5.56 Å². The first kappa shape index (κ1) is 12.0. The second kappa shape index (κ2) is 4.57. The van der Waals surface area contributed by atoms with E-state index in [1.807, 2.05) is 12.1 Å². The topological polar surface area (TPSA) is 75.4 Å². The number of amides is 2. The van der Waals surface area contributed by atoms with E-state index in [4.69, 9.17) is 5.73 Å².